The summed E-state index contributed by atoms with van der Waals surface area (Å²) in [6, 6.07) is 0. The third-order valence-electron chi connectivity index (χ3n) is 5.52. The summed E-state index contributed by atoms with van der Waals surface area (Å²) in [6.07, 6.45) is 0.320. The standard InChI is InChI=1S/C19H28O6/c1-10(2)9-23-14-7-18(5)15(20)8-19(22,25-18)11(3)6-13-16(14)12(4)17(21)24-13/h6,10,13-16,20,22H,4,7-9H2,1-3,5H3/b11-6-/t13-,14-,15-,16+,18-,19-/m1/s1. The highest BCUT2D eigenvalue weighted by molar-refractivity contribution is 5.91. The Balaban J connectivity index is 2.03. The fourth-order valence-electron chi connectivity index (χ4n) is 3.95. The zero-order valence-corrected chi connectivity index (χ0v) is 15.3. The summed E-state index contributed by atoms with van der Waals surface area (Å²) in [5.74, 6) is -2.06. The van der Waals surface area contributed by atoms with Crippen molar-refractivity contribution in [1.82, 2.24) is 0 Å². The largest absolute Gasteiger partial charge is 0.454 e. The van der Waals surface area contributed by atoms with Crippen LogP contribution in [0, 0.1) is 11.8 Å². The Kier molecular flexibility index (Phi) is 4.60. The van der Waals surface area contributed by atoms with Crippen LogP contribution >= 0.6 is 0 Å². The first-order valence-corrected chi connectivity index (χ1v) is 8.86. The van der Waals surface area contributed by atoms with Crippen LogP contribution in [0.15, 0.2) is 23.8 Å². The molecule has 25 heavy (non-hydrogen) atoms. The van der Waals surface area contributed by atoms with Crippen molar-refractivity contribution in [3.05, 3.63) is 23.8 Å². The lowest BCUT2D eigenvalue weighted by atomic mass is 9.80. The summed E-state index contributed by atoms with van der Waals surface area (Å²) in [6.45, 7) is 12.0. The minimum absolute atomic E-state index is 0.0784. The molecule has 2 bridgehead atoms. The number of fused-ring (bicyclic) bond motifs is 3. The van der Waals surface area contributed by atoms with E-state index in [9.17, 15) is 15.0 Å². The molecule has 2 fully saturated rings. The van der Waals surface area contributed by atoms with Crippen molar-refractivity contribution in [2.45, 2.75) is 70.2 Å². The molecule has 2 N–H and O–H groups in total. The summed E-state index contributed by atoms with van der Waals surface area (Å²) in [5.41, 5.74) is -0.0882. The second kappa shape index (κ2) is 6.20. The molecular weight excluding hydrogens is 324 g/mol. The van der Waals surface area contributed by atoms with E-state index in [4.69, 9.17) is 14.2 Å². The van der Waals surface area contributed by atoms with E-state index in [1.165, 1.54) is 0 Å². The van der Waals surface area contributed by atoms with Crippen molar-refractivity contribution in [2.24, 2.45) is 11.8 Å². The van der Waals surface area contributed by atoms with Crippen LogP contribution < -0.4 is 0 Å². The molecule has 6 atom stereocenters. The predicted molar refractivity (Wildman–Crippen MR) is 90.5 cm³/mol. The molecule has 0 radical (unpaired) electrons. The Morgan fingerprint density at radius 2 is 2.12 bits per heavy atom. The van der Waals surface area contributed by atoms with Gasteiger partial charge in [0.15, 0.2) is 5.79 Å². The number of esters is 1. The quantitative estimate of drug-likeness (QED) is 0.457. The first-order valence-electron chi connectivity index (χ1n) is 8.86. The molecule has 6 nitrogen and oxygen atoms in total. The van der Waals surface area contributed by atoms with Crippen molar-refractivity contribution in [3.8, 4) is 0 Å². The van der Waals surface area contributed by atoms with Gasteiger partial charge in [-0.05, 0) is 31.4 Å². The Morgan fingerprint density at radius 1 is 1.44 bits per heavy atom. The SMILES string of the molecule is C=C1C(=O)O[C@@H]2/C=C(/C)[C@@]3(O)C[C@@H](O)[C@@](C)(C[C@@H](OCC(C)C)[C@@H]12)O3. The van der Waals surface area contributed by atoms with Crippen LogP contribution in [0.4, 0.5) is 0 Å². The van der Waals surface area contributed by atoms with Crippen LogP contribution in [0.3, 0.4) is 0 Å². The summed E-state index contributed by atoms with van der Waals surface area (Å²) in [7, 11) is 0. The molecule has 0 aliphatic carbocycles. The lowest BCUT2D eigenvalue weighted by molar-refractivity contribution is -0.209. The van der Waals surface area contributed by atoms with Crippen LogP contribution in [-0.2, 0) is 19.0 Å². The number of hydrogen-bond acceptors (Lipinski definition) is 6. The third-order valence-corrected chi connectivity index (χ3v) is 5.52. The molecule has 0 unspecified atom stereocenters. The van der Waals surface area contributed by atoms with Gasteiger partial charge in [0.2, 0.25) is 0 Å². The Bertz CT molecular complexity index is 611. The maximum atomic E-state index is 12.1. The van der Waals surface area contributed by atoms with Gasteiger partial charge in [-0.15, -0.1) is 0 Å². The van der Waals surface area contributed by atoms with Gasteiger partial charge < -0.3 is 24.4 Å². The number of aliphatic hydroxyl groups is 2. The zero-order valence-electron chi connectivity index (χ0n) is 15.3. The molecule has 0 spiro atoms. The average molecular weight is 352 g/mol. The van der Waals surface area contributed by atoms with Crippen molar-refractivity contribution in [2.75, 3.05) is 6.61 Å². The topological polar surface area (TPSA) is 85.2 Å². The van der Waals surface area contributed by atoms with Crippen molar-refractivity contribution < 1.29 is 29.2 Å². The number of carbonyl (C=O) groups is 1. The smallest absolute Gasteiger partial charge is 0.334 e. The van der Waals surface area contributed by atoms with Gasteiger partial charge in [0, 0.05) is 25.0 Å². The molecule has 0 aromatic rings. The van der Waals surface area contributed by atoms with Crippen LogP contribution in [0.5, 0.6) is 0 Å². The van der Waals surface area contributed by atoms with Crippen molar-refractivity contribution in [3.63, 3.8) is 0 Å². The number of aliphatic hydroxyl groups excluding tert-OH is 1. The summed E-state index contributed by atoms with van der Waals surface area (Å²) in [4.78, 5) is 12.1. The fourth-order valence-corrected chi connectivity index (χ4v) is 3.95. The van der Waals surface area contributed by atoms with E-state index in [0.717, 1.165) is 0 Å². The summed E-state index contributed by atoms with van der Waals surface area (Å²) < 4.78 is 17.5. The molecule has 0 aromatic carbocycles. The van der Waals surface area contributed by atoms with Gasteiger partial charge in [-0.25, -0.2) is 4.79 Å². The highest BCUT2D eigenvalue weighted by Gasteiger charge is 2.57. The molecule has 2 saturated heterocycles. The molecular formula is C19H28O6. The molecule has 3 rings (SSSR count). The molecule has 0 saturated carbocycles. The van der Waals surface area contributed by atoms with E-state index in [-0.39, 0.29) is 12.3 Å². The Labute approximate surface area is 148 Å². The van der Waals surface area contributed by atoms with Gasteiger partial charge in [0.05, 0.1) is 23.7 Å². The average Bonchev–Trinajstić information content (AvgIpc) is 2.90. The number of hydrogen-bond donors (Lipinski definition) is 2. The number of rotatable bonds is 3. The van der Waals surface area contributed by atoms with Gasteiger partial charge in [-0.3, -0.25) is 0 Å². The fraction of sp³-hybridized carbons (Fsp3) is 0.737. The number of ether oxygens (including phenoxy) is 3. The van der Waals surface area contributed by atoms with Crippen molar-refractivity contribution >= 4 is 5.97 Å². The summed E-state index contributed by atoms with van der Waals surface area (Å²) >= 11 is 0. The lowest BCUT2D eigenvalue weighted by Crippen LogP contribution is -2.44. The van der Waals surface area contributed by atoms with Gasteiger partial charge >= 0.3 is 5.97 Å². The van der Waals surface area contributed by atoms with Crippen LogP contribution in [0.25, 0.3) is 0 Å². The first kappa shape index (κ1) is 18.6. The van der Waals surface area contributed by atoms with E-state index in [2.05, 4.69) is 6.58 Å². The normalized spacial score (nSPS) is 46.1. The van der Waals surface area contributed by atoms with Gasteiger partial charge in [0.1, 0.15) is 6.10 Å². The minimum atomic E-state index is -1.57. The second-order valence-corrected chi connectivity index (χ2v) is 8.16. The Hall–Kier alpha value is -1.21. The van der Waals surface area contributed by atoms with E-state index < -0.39 is 35.7 Å². The van der Waals surface area contributed by atoms with Crippen LogP contribution in [-0.4, -0.2) is 52.5 Å². The van der Waals surface area contributed by atoms with Crippen molar-refractivity contribution in [1.29, 1.82) is 0 Å². The highest BCUT2D eigenvalue weighted by Crippen LogP contribution is 2.47. The first-order chi connectivity index (χ1) is 11.6. The lowest BCUT2D eigenvalue weighted by Gasteiger charge is -2.35. The van der Waals surface area contributed by atoms with Gasteiger partial charge in [0.25, 0.3) is 0 Å². The van der Waals surface area contributed by atoms with E-state index in [0.29, 0.717) is 30.1 Å². The van der Waals surface area contributed by atoms with E-state index >= 15 is 0 Å². The molecule has 3 aliphatic heterocycles. The van der Waals surface area contributed by atoms with Crippen LogP contribution in [0.1, 0.15) is 40.5 Å². The minimum Gasteiger partial charge on any atom is -0.454 e. The van der Waals surface area contributed by atoms with E-state index in [1.807, 2.05) is 13.8 Å². The maximum absolute atomic E-state index is 12.1. The third kappa shape index (κ3) is 3.16. The summed E-state index contributed by atoms with van der Waals surface area (Å²) in [5, 5.41) is 21.4. The monoisotopic (exact) mass is 352 g/mol. The van der Waals surface area contributed by atoms with Crippen LogP contribution in [0.2, 0.25) is 0 Å². The zero-order chi connectivity index (χ0) is 18.6. The highest BCUT2D eigenvalue weighted by atomic mass is 16.7. The van der Waals surface area contributed by atoms with Gasteiger partial charge in [-0.1, -0.05) is 20.4 Å². The molecule has 3 heterocycles. The van der Waals surface area contributed by atoms with E-state index in [1.54, 1.807) is 19.9 Å². The molecule has 3 aliphatic rings. The van der Waals surface area contributed by atoms with Gasteiger partial charge in [-0.2, -0.15) is 0 Å². The molecule has 6 heteroatoms. The Morgan fingerprint density at radius 3 is 2.76 bits per heavy atom. The number of carbonyl (C=O) groups excluding carboxylic acids is 1. The molecule has 140 valence electrons. The second-order valence-electron chi connectivity index (χ2n) is 8.16. The maximum Gasteiger partial charge on any atom is 0.334 e. The molecule has 0 aromatic heterocycles. The molecule has 0 amide bonds. The predicted octanol–water partition coefficient (Wildman–Crippen LogP) is 1.70.